The minimum Gasteiger partial charge on any atom is -0.456 e. The first-order valence-corrected chi connectivity index (χ1v) is 18.6. The average molecular weight is 703 g/mol. The highest BCUT2D eigenvalue weighted by Gasteiger charge is 2.45. The van der Waals surface area contributed by atoms with E-state index in [-0.39, 0.29) is 6.71 Å². The molecule has 0 N–H and O–H groups in total. The van der Waals surface area contributed by atoms with Crippen LogP contribution in [0, 0.1) is 0 Å². The van der Waals surface area contributed by atoms with E-state index in [2.05, 4.69) is 142 Å². The molecule has 6 heterocycles. The highest BCUT2D eigenvalue weighted by molar-refractivity contribution is 7.00. The van der Waals surface area contributed by atoms with E-state index in [9.17, 15) is 0 Å². The minimum atomic E-state index is -0.175. The maximum atomic E-state index is 6.75. The van der Waals surface area contributed by atoms with Crippen LogP contribution in [0.1, 0.15) is 0 Å². The summed E-state index contributed by atoms with van der Waals surface area (Å²) in [5.74, 6) is 2.86. The number of benzene rings is 7. The van der Waals surface area contributed by atoms with Crippen molar-refractivity contribution in [3.05, 3.63) is 164 Å². The third kappa shape index (κ3) is 3.83. The molecule has 0 unspecified atom stereocenters. The summed E-state index contributed by atoms with van der Waals surface area (Å²) in [6.45, 7) is -0.175. The predicted octanol–water partition coefficient (Wildman–Crippen LogP) is 9.66. The van der Waals surface area contributed by atoms with Crippen LogP contribution in [-0.2, 0) is 0 Å². The van der Waals surface area contributed by atoms with Gasteiger partial charge in [-0.15, -0.1) is 0 Å². The molecule has 2 aliphatic rings. The molecule has 2 aliphatic heterocycles. The quantitative estimate of drug-likeness (QED) is 0.172. The standard InChI is InChI=1S/C48H27BN4O2/c1-3-14-28(15-4-1)30-18-7-8-19-31(30)33-21-13-23-37-44(33)52-38-26-34-32-20-9-11-24-39(32)54-41(34)27-35(38)42-48(52)53(37)46-43-47(51-45(50-46)29-16-5-2-6-17-29)55-40-25-12-10-22-36(40)49(42)43/h1-27H. The lowest BCUT2D eigenvalue weighted by Crippen LogP contribution is -2.58. The van der Waals surface area contributed by atoms with Crippen LogP contribution in [0.2, 0.25) is 0 Å². The molecule has 4 aromatic heterocycles. The fourth-order valence-corrected chi connectivity index (χ4v) is 9.35. The lowest BCUT2D eigenvalue weighted by molar-refractivity contribution is 0.467. The van der Waals surface area contributed by atoms with Crippen molar-refractivity contribution in [3.8, 4) is 51.1 Å². The van der Waals surface area contributed by atoms with Gasteiger partial charge in [0.25, 0.3) is 6.71 Å². The van der Waals surface area contributed by atoms with Gasteiger partial charge in [-0.25, -0.2) is 4.98 Å². The number of rotatable bonds is 3. The molecule has 0 atom stereocenters. The lowest BCUT2D eigenvalue weighted by atomic mass is 9.35. The molecule has 11 aromatic rings. The monoisotopic (exact) mass is 702 g/mol. The van der Waals surface area contributed by atoms with Crippen molar-refractivity contribution in [2.24, 2.45) is 0 Å². The van der Waals surface area contributed by atoms with Gasteiger partial charge < -0.3 is 9.15 Å². The highest BCUT2D eigenvalue weighted by atomic mass is 16.5. The number of aromatic nitrogens is 4. The number of imidazole rings is 1. The Balaban J connectivity index is 1.25. The largest absolute Gasteiger partial charge is 0.456 e. The third-order valence-corrected chi connectivity index (χ3v) is 11.6. The minimum absolute atomic E-state index is 0.175. The Morgan fingerprint density at radius 3 is 2.11 bits per heavy atom. The molecule has 0 radical (unpaired) electrons. The molecule has 0 amide bonds. The van der Waals surface area contributed by atoms with Crippen molar-refractivity contribution >= 4 is 72.6 Å². The Hall–Kier alpha value is -7.38. The second-order valence-electron chi connectivity index (χ2n) is 14.5. The van der Waals surface area contributed by atoms with Crippen molar-refractivity contribution in [3.63, 3.8) is 0 Å². The van der Waals surface area contributed by atoms with Gasteiger partial charge in [0.2, 0.25) is 5.88 Å². The van der Waals surface area contributed by atoms with Crippen molar-refractivity contribution in [1.82, 2.24) is 18.9 Å². The molecule has 0 saturated heterocycles. The Bertz CT molecular complexity index is 3420. The summed E-state index contributed by atoms with van der Waals surface area (Å²) in [7, 11) is 0. The molecule has 254 valence electrons. The van der Waals surface area contributed by atoms with Gasteiger partial charge in [-0.05, 0) is 57.9 Å². The molecule has 7 aromatic carbocycles. The van der Waals surface area contributed by atoms with Gasteiger partial charge in [0.1, 0.15) is 28.4 Å². The summed E-state index contributed by atoms with van der Waals surface area (Å²) in [6, 6.07) is 57.5. The SMILES string of the molecule is c1ccc(-c2nc3c4c(n2)-n2c5cccc(-c6ccccc6-c6ccccc6)c5n5c6cc7c(cc6c(c25)B4c2ccccc2O3)oc2ccccc27)cc1. The van der Waals surface area contributed by atoms with Crippen LogP contribution in [0.4, 0.5) is 0 Å². The molecule has 0 saturated carbocycles. The molecule has 6 nitrogen and oxygen atoms in total. The van der Waals surface area contributed by atoms with Crippen molar-refractivity contribution in [1.29, 1.82) is 0 Å². The number of fused-ring (bicyclic) bond motifs is 13. The van der Waals surface area contributed by atoms with Crippen molar-refractivity contribution in [2.75, 3.05) is 0 Å². The second-order valence-corrected chi connectivity index (χ2v) is 14.5. The lowest BCUT2D eigenvalue weighted by Gasteiger charge is -2.31. The number of hydrogen-bond donors (Lipinski definition) is 0. The van der Waals surface area contributed by atoms with E-state index in [1.54, 1.807) is 0 Å². The first kappa shape index (κ1) is 29.1. The molecule has 0 aliphatic carbocycles. The molecule has 7 heteroatoms. The number of para-hydroxylation sites is 3. The first-order chi connectivity index (χ1) is 27.3. The van der Waals surface area contributed by atoms with Gasteiger partial charge in [-0.1, -0.05) is 133 Å². The van der Waals surface area contributed by atoms with Crippen LogP contribution in [0.25, 0.3) is 89.0 Å². The van der Waals surface area contributed by atoms with Crippen molar-refractivity contribution in [2.45, 2.75) is 0 Å². The maximum Gasteiger partial charge on any atom is 0.263 e. The van der Waals surface area contributed by atoms with E-state index in [0.29, 0.717) is 11.7 Å². The van der Waals surface area contributed by atoms with Crippen LogP contribution in [-0.4, -0.2) is 25.6 Å². The number of hydrogen-bond acceptors (Lipinski definition) is 4. The molecule has 55 heavy (non-hydrogen) atoms. The Morgan fingerprint density at radius 2 is 1.24 bits per heavy atom. The average Bonchev–Trinajstić information content (AvgIpc) is 3.90. The second kappa shape index (κ2) is 10.6. The van der Waals surface area contributed by atoms with Gasteiger partial charge in [0.15, 0.2) is 5.82 Å². The van der Waals surface area contributed by atoms with E-state index in [1.165, 1.54) is 22.2 Å². The smallest absolute Gasteiger partial charge is 0.263 e. The fraction of sp³-hybridized carbons (Fsp3) is 0. The molecule has 0 bridgehead atoms. The van der Waals surface area contributed by atoms with E-state index >= 15 is 0 Å². The maximum absolute atomic E-state index is 6.75. The van der Waals surface area contributed by atoms with Gasteiger partial charge in [-0.3, -0.25) is 8.97 Å². The van der Waals surface area contributed by atoms with Crippen molar-refractivity contribution < 1.29 is 9.15 Å². The fourth-order valence-electron chi connectivity index (χ4n) is 9.35. The predicted molar refractivity (Wildman–Crippen MR) is 222 cm³/mol. The van der Waals surface area contributed by atoms with Crippen LogP contribution in [0.15, 0.2) is 168 Å². The molecule has 0 spiro atoms. The zero-order valence-electron chi connectivity index (χ0n) is 29.3. The Labute approximate surface area is 314 Å². The first-order valence-electron chi connectivity index (χ1n) is 18.6. The third-order valence-electron chi connectivity index (χ3n) is 11.6. The summed E-state index contributed by atoms with van der Waals surface area (Å²) in [5.41, 5.74) is 15.0. The van der Waals surface area contributed by atoms with Gasteiger partial charge >= 0.3 is 0 Å². The summed E-state index contributed by atoms with van der Waals surface area (Å²) in [4.78, 5) is 10.6. The normalized spacial score (nSPS) is 12.8. The molecule has 0 fully saturated rings. The topological polar surface area (TPSA) is 57.5 Å². The summed E-state index contributed by atoms with van der Waals surface area (Å²) in [6.07, 6.45) is 0. The van der Waals surface area contributed by atoms with Crippen LogP contribution in [0.5, 0.6) is 11.6 Å². The number of ether oxygens (including phenoxy) is 1. The van der Waals surface area contributed by atoms with E-state index in [0.717, 1.165) is 83.1 Å². The van der Waals surface area contributed by atoms with E-state index in [1.807, 2.05) is 30.3 Å². The number of nitrogens with zero attached hydrogens (tertiary/aromatic N) is 4. The summed E-state index contributed by atoms with van der Waals surface area (Å²) in [5, 5.41) is 3.33. The van der Waals surface area contributed by atoms with Gasteiger partial charge in [0.05, 0.1) is 16.6 Å². The summed E-state index contributed by atoms with van der Waals surface area (Å²) < 4.78 is 18.2. The van der Waals surface area contributed by atoms with Crippen LogP contribution >= 0.6 is 0 Å². The zero-order chi connectivity index (χ0) is 35.8. The Morgan fingerprint density at radius 1 is 0.509 bits per heavy atom. The van der Waals surface area contributed by atoms with Crippen LogP contribution in [0.3, 0.4) is 0 Å². The van der Waals surface area contributed by atoms with E-state index < -0.39 is 0 Å². The summed E-state index contributed by atoms with van der Waals surface area (Å²) >= 11 is 0. The van der Waals surface area contributed by atoms with Crippen LogP contribution < -0.4 is 21.1 Å². The number of furan rings is 1. The molecular formula is C48H27BN4O2. The van der Waals surface area contributed by atoms with E-state index in [4.69, 9.17) is 19.1 Å². The highest BCUT2D eigenvalue weighted by Crippen LogP contribution is 2.43. The Kier molecular flexibility index (Phi) is 5.62. The molecule has 13 rings (SSSR count). The van der Waals surface area contributed by atoms with Gasteiger partial charge in [0, 0.05) is 32.7 Å². The zero-order valence-corrected chi connectivity index (χ0v) is 29.3. The van der Waals surface area contributed by atoms with Gasteiger partial charge in [-0.2, -0.15) is 4.98 Å². The molecular weight excluding hydrogens is 675 g/mol.